The van der Waals surface area contributed by atoms with Crippen molar-refractivity contribution in [3.05, 3.63) is 71.8 Å². The maximum atomic E-state index is 16.0. The van der Waals surface area contributed by atoms with Crippen LogP contribution in [-0.4, -0.2) is 93.0 Å². The molecule has 3 amide bonds. The van der Waals surface area contributed by atoms with E-state index >= 15 is 8.78 Å². The SMILES string of the molecule is CN(C)C(=O)OC(C)(C(=O)C[C@H](c1nc2cc(-c3ccc(-c4cc5nc([C@@H](NC(=O)C(C)(OC(=O)N(C)C)C(C)(C)C)C(C)(C)C)[nH]c5cc4F)cc3)c(F)cc2[nH]1)C(C)(C)C)C(C)(C)C. The number of imidazole rings is 2. The van der Waals surface area contributed by atoms with Gasteiger partial charge in [0.15, 0.2) is 17.0 Å². The number of rotatable bonds is 11. The molecule has 2 heterocycles. The molecule has 0 fully saturated rings. The number of nitrogens with zero attached hydrogens (tertiary/aromatic N) is 4. The summed E-state index contributed by atoms with van der Waals surface area (Å²) in [5, 5.41) is 3.07. The summed E-state index contributed by atoms with van der Waals surface area (Å²) >= 11 is 0. The van der Waals surface area contributed by atoms with Crippen molar-refractivity contribution >= 4 is 45.9 Å². The number of aromatic amines is 2. The second-order valence-electron chi connectivity index (χ2n) is 22.4. The van der Waals surface area contributed by atoms with Gasteiger partial charge in [0.25, 0.3) is 5.91 Å². The Hall–Kier alpha value is -5.86. The molecule has 13 nitrogen and oxygen atoms in total. The fraction of sp³-hybridized carbons (Fsp3) is 0.529. The third kappa shape index (κ3) is 10.2. The summed E-state index contributed by atoms with van der Waals surface area (Å²) in [7, 11) is 6.22. The largest absolute Gasteiger partial charge is 0.435 e. The average Bonchev–Trinajstić information content (AvgIpc) is 3.78. The Morgan fingerprint density at radius 3 is 1.38 bits per heavy atom. The third-order valence-electron chi connectivity index (χ3n) is 13.0. The zero-order chi connectivity index (χ0) is 49.9. The van der Waals surface area contributed by atoms with Crippen LogP contribution in [0.15, 0.2) is 48.5 Å². The van der Waals surface area contributed by atoms with Gasteiger partial charge < -0.3 is 34.6 Å². The highest BCUT2D eigenvalue weighted by atomic mass is 19.1. The van der Waals surface area contributed by atoms with Crippen molar-refractivity contribution in [3.8, 4) is 22.3 Å². The lowest BCUT2D eigenvalue weighted by Crippen LogP contribution is -2.58. The van der Waals surface area contributed by atoms with Gasteiger partial charge in [0.1, 0.15) is 23.3 Å². The lowest BCUT2D eigenvalue weighted by atomic mass is 9.69. The predicted molar refractivity (Wildman–Crippen MR) is 255 cm³/mol. The summed E-state index contributed by atoms with van der Waals surface area (Å²) in [6.07, 6.45) is -1.26. The van der Waals surface area contributed by atoms with E-state index in [0.717, 1.165) is 0 Å². The summed E-state index contributed by atoms with van der Waals surface area (Å²) in [4.78, 5) is 72.4. The van der Waals surface area contributed by atoms with Crippen molar-refractivity contribution in [1.82, 2.24) is 35.1 Å². The molecule has 358 valence electrons. The van der Waals surface area contributed by atoms with Crippen molar-refractivity contribution in [2.45, 2.75) is 127 Å². The molecule has 0 saturated heterocycles. The Morgan fingerprint density at radius 2 is 1.00 bits per heavy atom. The molecular formula is C51H69F2N7O6. The van der Waals surface area contributed by atoms with Crippen LogP contribution in [0, 0.1) is 33.3 Å². The first-order valence-corrected chi connectivity index (χ1v) is 22.2. The van der Waals surface area contributed by atoms with E-state index in [9.17, 15) is 19.2 Å². The Kier molecular flexibility index (Phi) is 13.7. The Labute approximate surface area is 387 Å². The van der Waals surface area contributed by atoms with Gasteiger partial charge in [-0.2, -0.15) is 0 Å². The molecule has 5 rings (SSSR count). The molecule has 66 heavy (non-hydrogen) atoms. The van der Waals surface area contributed by atoms with Crippen LogP contribution in [0.4, 0.5) is 18.4 Å². The van der Waals surface area contributed by atoms with Crippen LogP contribution in [0.5, 0.6) is 0 Å². The molecule has 2 aromatic heterocycles. The highest BCUT2D eigenvalue weighted by Gasteiger charge is 2.51. The van der Waals surface area contributed by atoms with E-state index in [4.69, 9.17) is 19.4 Å². The molecule has 3 N–H and O–H groups in total. The number of aromatic nitrogens is 4. The van der Waals surface area contributed by atoms with E-state index in [1.165, 1.54) is 21.9 Å². The van der Waals surface area contributed by atoms with E-state index in [1.807, 2.05) is 83.1 Å². The van der Waals surface area contributed by atoms with E-state index in [0.29, 0.717) is 44.8 Å². The number of ether oxygens (including phenoxy) is 2. The highest BCUT2D eigenvalue weighted by Crippen LogP contribution is 2.44. The third-order valence-corrected chi connectivity index (χ3v) is 13.0. The highest BCUT2D eigenvalue weighted by molar-refractivity contribution is 5.91. The van der Waals surface area contributed by atoms with Crippen LogP contribution in [0.2, 0.25) is 0 Å². The van der Waals surface area contributed by atoms with Crippen LogP contribution < -0.4 is 5.32 Å². The Balaban J connectivity index is 1.45. The Bertz CT molecular complexity index is 2460. The van der Waals surface area contributed by atoms with Crippen LogP contribution in [0.3, 0.4) is 0 Å². The fourth-order valence-corrected chi connectivity index (χ4v) is 7.53. The molecule has 0 bridgehead atoms. The minimum atomic E-state index is -1.55. The van der Waals surface area contributed by atoms with Crippen molar-refractivity contribution in [1.29, 1.82) is 0 Å². The van der Waals surface area contributed by atoms with Crippen LogP contribution >= 0.6 is 0 Å². The number of nitrogens with one attached hydrogen (secondary N) is 3. The number of carbonyl (C=O) groups excluding carboxylic acids is 4. The van der Waals surface area contributed by atoms with Gasteiger partial charge >= 0.3 is 12.2 Å². The molecule has 15 heteroatoms. The number of hydrogen-bond acceptors (Lipinski definition) is 8. The number of ketones is 1. The molecule has 0 spiro atoms. The number of hydrogen-bond donors (Lipinski definition) is 3. The van der Waals surface area contributed by atoms with Gasteiger partial charge in [-0.15, -0.1) is 0 Å². The summed E-state index contributed by atoms with van der Waals surface area (Å²) < 4.78 is 43.5. The van der Waals surface area contributed by atoms with E-state index in [-0.39, 0.29) is 23.3 Å². The second kappa shape index (κ2) is 17.7. The fourth-order valence-electron chi connectivity index (χ4n) is 7.53. The molecule has 0 aliphatic heterocycles. The zero-order valence-corrected chi connectivity index (χ0v) is 42.0. The minimum Gasteiger partial charge on any atom is -0.435 e. The number of amides is 3. The molecule has 0 aliphatic carbocycles. The Morgan fingerprint density at radius 1 is 0.606 bits per heavy atom. The number of fused-ring (bicyclic) bond motifs is 2. The first-order chi connectivity index (χ1) is 30.1. The van der Waals surface area contributed by atoms with Gasteiger partial charge in [0.05, 0.1) is 28.1 Å². The van der Waals surface area contributed by atoms with Gasteiger partial charge in [-0.3, -0.25) is 9.59 Å². The lowest BCUT2D eigenvalue weighted by Gasteiger charge is -2.42. The smallest absolute Gasteiger partial charge is 0.410 e. The van der Waals surface area contributed by atoms with Crippen molar-refractivity contribution in [2.75, 3.05) is 28.2 Å². The van der Waals surface area contributed by atoms with Crippen molar-refractivity contribution < 1.29 is 37.4 Å². The first-order valence-electron chi connectivity index (χ1n) is 22.2. The van der Waals surface area contributed by atoms with E-state index in [1.54, 1.807) is 78.4 Å². The molecule has 0 radical (unpaired) electrons. The van der Waals surface area contributed by atoms with Gasteiger partial charge in [-0.1, -0.05) is 107 Å². The minimum absolute atomic E-state index is 0.0110. The van der Waals surface area contributed by atoms with Gasteiger partial charge in [0.2, 0.25) is 0 Å². The summed E-state index contributed by atoms with van der Waals surface area (Å²) in [5.74, 6) is -1.32. The van der Waals surface area contributed by atoms with Crippen LogP contribution in [0.25, 0.3) is 44.3 Å². The van der Waals surface area contributed by atoms with E-state index in [2.05, 4.69) is 15.3 Å². The van der Waals surface area contributed by atoms with Crippen LogP contribution in [0.1, 0.15) is 127 Å². The lowest BCUT2D eigenvalue weighted by molar-refractivity contribution is -0.152. The summed E-state index contributed by atoms with van der Waals surface area (Å²) in [5.41, 5.74) is -2.07. The number of benzene rings is 3. The maximum absolute atomic E-state index is 16.0. The quantitative estimate of drug-likeness (QED) is 0.118. The molecule has 0 saturated carbocycles. The normalized spacial score (nSPS) is 15.4. The zero-order valence-electron chi connectivity index (χ0n) is 42.0. The van der Waals surface area contributed by atoms with Gasteiger partial charge in [-0.05, 0) is 47.9 Å². The molecule has 5 aromatic rings. The van der Waals surface area contributed by atoms with Crippen molar-refractivity contribution in [3.63, 3.8) is 0 Å². The summed E-state index contributed by atoms with van der Waals surface area (Å²) in [6.45, 7) is 26.1. The van der Waals surface area contributed by atoms with E-state index < -0.39 is 74.5 Å². The number of Topliss-reactive ketones (excluding diaryl/α,β-unsaturated/α-hetero) is 1. The molecular weight excluding hydrogens is 845 g/mol. The predicted octanol–water partition coefficient (Wildman–Crippen LogP) is 11.3. The molecule has 3 aromatic carbocycles. The van der Waals surface area contributed by atoms with Crippen molar-refractivity contribution in [2.24, 2.45) is 21.7 Å². The molecule has 0 aliphatic rings. The van der Waals surface area contributed by atoms with Crippen LogP contribution in [-0.2, 0) is 19.1 Å². The topological polar surface area (TPSA) is 163 Å². The van der Waals surface area contributed by atoms with Gasteiger partial charge in [-0.25, -0.2) is 28.3 Å². The molecule has 4 atom stereocenters. The standard InChI is InChI=1S/C51H69F2N7O6/c1-46(2,3)32(25-39(61)50(13,48(7,8)9)65-44(63)59(15)16)41-54-35-23-30(33(52)26-37(35)55-41)28-19-21-29(22-20-28)31-24-36-38(27-34(31)53)57-42(56-36)40(47(4,5)6)58-43(62)51(14,49(10,11)12)66-45(64)60(17)18/h19-24,26-27,32,40H,25H2,1-18H3,(H,54,55)(H,56,57)(H,58,62)/t32-,40-,50?,51?/m1/s1. The monoisotopic (exact) mass is 914 g/mol. The second-order valence-corrected chi connectivity index (χ2v) is 22.4. The number of H-pyrrole nitrogens is 2. The number of halogens is 2. The summed E-state index contributed by atoms with van der Waals surface area (Å²) in [6, 6.07) is 12.2. The van der Waals surface area contributed by atoms with Gasteiger partial charge in [0, 0.05) is 74.6 Å². The number of carbonyl (C=O) groups is 4. The molecule has 2 unspecified atom stereocenters. The first kappa shape index (κ1) is 51.1. The average molecular weight is 914 g/mol. The maximum Gasteiger partial charge on any atom is 0.410 e.